The number of unbranched alkanes of at least 4 members (excludes halogenated alkanes) is 3. The number of nitrogen functional groups attached to an aromatic ring is 4. The van der Waals surface area contributed by atoms with Gasteiger partial charge in [-0.2, -0.15) is 0 Å². The molecule has 0 amide bonds. The van der Waals surface area contributed by atoms with Gasteiger partial charge in [-0.3, -0.25) is 0 Å². The predicted molar refractivity (Wildman–Crippen MR) is 186 cm³/mol. The van der Waals surface area contributed by atoms with Gasteiger partial charge in [0.15, 0.2) is 0 Å². The summed E-state index contributed by atoms with van der Waals surface area (Å²) in [5, 5.41) is 21.9. The molecule has 0 fully saturated rings. The molecule has 0 radical (unpaired) electrons. The van der Waals surface area contributed by atoms with Crippen LogP contribution in [0.5, 0.6) is 0 Å². The van der Waals surface area contributed by atoms with Crippen LogP contribution in [-0.2, 0) is 13.1 Å². The van der Waals surface area contributed by atoms with Crippen LogP contribution in [0.4, 0.5) is 45.8 Å². The van der Waals surface area contributed by atoms with Crippen LogP contribution in [0.25, 0.3) is 21.5 Å². The van der Waals surface area contributed by atoms with Gasteiger partial charge in [-0.25, -0.2) is 9.13 Å². The Balaban J connectivity index is 1.05. The van der Waals surface area contributed by atoms with Crippen LogP contribution in [-0.4, -0.2) is 0 Å². The Hall–Kier alpha value is -5.90. The quantitative estimate of drug-likeness (QED) is 0.0506. The van der Waals surface area contributed by atoms with E-state index in [4.69, 9.17) is 22.9 Å². The molecule has 10 heteroatoms. The number of aromatic nitrogens is 2. The van der Waals surface area contributed by atoms with Crippen LogP contribution in [0.3, 0.4) is 0 Å². The largest absolute Gasteiger partial charge is 0.397 e. The molecule has 8 N–H and O–H groups in total. The fourth-order valence-corrected chi connectivity index (χ4v) is 5.59. The molecule has 2 aromatic heterocycles. The van der Waals surface area contributed by atoms with Crippen LogP contribution in [0, 0.1) is 0 Å². The summed E-state index contributed by atoms with van der Waals surface area (Å²) in [7, 11) is 0. The van der Waals surface area contributed by atoms with Crippen molar-refractivity contribution in [3.05, 3.63) is 109 Å². The molecule has 6 rings (SSSR count). The van der Waals surface area contributed by atoms with E-state index < -0.39 is 0 Å². The van der Waals surface area contributed by atoms with Crippen molar-refractivity contribution in [3.8, 4) is 0 Å². The first-order chi connectivity index (χ1) is 22.5. The number of azo groups is 2. The molecule has 2 heterocycles. The van der Waals surface area contributed by atoms with Gasteiger partial charge in [0.1, 0.15) is 11.4 Å². The van der Waals surface area contributed by atoms with Gasteiger partial charge in [0.25, 0.3) is 0 Å². The Bertz CT molecular complexity index is 1920. The predicted octanol–water partition coefficient (Wildman–Crippen LogP) is 7.99. The topological polar surface area (TPSA) is 161 Å². The molecule has 0 unspecified atom stereocenters. The molecule has 0 saturated carbocycles. The van der Waals surface area contributed by atoms with E-state index in [1.54, 1.807) is 12.1 Å². The zero-order valence-electron chi connectivity index (χ0n) is 25.6. The van der Waals surface area contributed by atoms with Gasteiger partial charge in [0, 0.05) is 33.7 Å². The SMILES string of the molecule is Nc1cc(N=Nc2cccc[n+]2CCCCCC[n+]2ccccc2/N=N\c2cc(N)c(N)c3ccccc23)c2ccccc2c1N. The minimum atomic E-state index is 0.498. The zero-order valence-corrected chi connectivity index (χ0v) is 25.6. The van der Waals surface area contributed by atoms with Crippen molar-refractivity contribution in [2.24, 2.45) is 20.5 Å². The lowest BCUT2D eigenvalue weighted by atomic mass is 10.1. The number of nitrogens with two attached hydrogens (primary N) is 4. The lowest BCUT2D eigenvalue weighted by Crippen LogP contribution is -2.34. The van der Waals surface area contributed by atoms with Gasteiger partial charge < -0.3 is 22.9 Å². The molecule has 6 aromatic rings. The highest BCUT2D eigenvalue weighted by Crippen LogP contribution is 2.36. The summed E-state index contributed by atoms with van der Waals surface area (Å²) >= 11 is 0. The fraction of sp³-hybridized carbons (Fsp3) is 0.167. The first kappa shape index (κ1) is 30.1. The van der Waals surface area contributed by atoms with Crippen LogP contribution < -0.4 is 32.1 Å². The van der Waals surface area contributed by atoms with Gasteiger partial charge in [-0.1, -0.05) is 60.7 Å². The third-order valence-corrected chi connectivity index (χ3v) is 8.09. The average Bonchev–Trinajstić information content (AvgIpc) is 3.09. The summed E-state index contributed by atoms with van der Waals surface area (Å²) in [6.45, 7) is 1.69. The minimum absolute atomic E-state index is 0.498. The van der Waals surface area contributed by atoms with Crippen LogP contribution >= 0.6 is 0 Å². The summed E-state index contributed by atoms with van der Waals surface area (Å²) in [5.41, 5.74) is 28.2. The van der Waals surface area contributed by atoms with Gasteiger partial charge in [0.2, 0.25) is 0 Å². The number of pyridine rings is 2. The highest BCUT2D eigenvalue weighted by atomic mass is 15.2. The Kier molecular flexibility index (Phi) is 9.05. The molecule has 4 aromatic carbocycles. The maximum atomic E-state index is 6.19. The lowest BCUT2D eigenvalue weighted by molar-refractivity contribution is -0.686. The number of rotatable bonds is 11. The normalized spacial score (nSPS) is 11.7. The first-order valence-corrected chi connectivity index (χ1v) is 15.4. The number of aryl methyl sites for hydroxylation is 2. The Labute approximate surface area is 267 Å². The Morgan fingerprint density at radius 1 is 0.435 bits per heavy atom. The van der Waals surface area contributed by atoms with Crippen molar-refractivity contribution < 1.29 is 9.13 Å². The average molecular weight is 611 g/mol. The monoisotopic (exact) mass is 610 g/mol. The third kappa shape index (κ3) is 6.61. The number of hydrogen-bond acceptors (Lipinski definition) is 8. The second-order valence-electron chi connectivity index (χ2n) is 11.2. The molecule has 0 aliphatic carbocycles. The molecule has 0 atom stereocenters. The molecule has 0 bridgehead atoms. The van der Waals surface area contributed by atoms with Crippen LogP contribution in [0.15, 0.2) is 130 Å². The lowest BCUT2D eigenvalue weighted by Gasteiger charge is -2.07. The fourth-order valence-electron chi connectivity index (χ4n) is 5.59. The highest BCUT2D eigenvalue weighted by molar-refractivity contribution is 6.05. The highest BCUT2D eigenvalue weighted by Gasteiger charge is 2.14. The van der Waals surface area contributed by atoms with Gasteiger partial charge in [0.05, 0.1) is 58.5 Å². The number of fused-ring (bicyclic) bond motifs is 2. The zero-order chi connectivity index (χ0) is 31.9. The smallest absolute Gasteiger partial charge is 0.350 e. The molecule has 0 aliphatic heterocycles. The summed E-state index contributed by atoms with van der Waals surface area (Å²) in [6.07, 6.45) is 8.29. The molecule has 10 nitrogen and oxygen atoms in total. The van der Waals surface area contributed by atoms with E-state index in [9.17, 15) is 0 Å². The molecule has 0 aliphatic rings. The molecule has 230 valence electrons. The Morgan fingerprint density at radius 2 is 0.826 bits per heavy atom. The second kappa shape index (κ2) is 13.8. The van der Waals surface area contributed by atoms with Crippen LogP contribution in [0.1, 0.15) is 25.7 Å². The standard InChI is InChI=1S/C36H36N10/c37-29-23-31(25-13-3-5-15-27(25)35(29)39)41-43-33-17-7-11-21-45(33)19-9-1-2-10-20-46-22-12-8-18-34(46)44-42-32-24-30(38)36(40)28-16-6-4-14-26(28)32/h3-8,11-18,21-24,39-40H,1-2,9-10,19-20H2,(H4,37,38,41,42)/p+2. The summed E-state index contributed by atoms with van der Waals surface area (Å²) < 4.78 is 4.26. The van der Waals surface area contributed by atoms with Crippen molar-refractivity contribution in [2.75, 3.05) is 22.9 Å². The van der Waals surface area contributed by atoms with Crippen molar-refractivity contribution >= 4 is 67.3 Å². The molecule has 46 heavy (non-hydrogen) atoms. The van der Waals surface area contributed by atoms with E-state index in [1.165, 1.54) is 0 Å². The van der Waals surface area contributed by atoms with Gasteiger partial charge in [-0.05, 0) is 60.2 Å². The Morgan fingerprint density at radius 3 is 1.26 bits per heavy atom. The van der Waals surface area contributed by atoms with E-state index in [2.05, 4.69) is 29.6 Å². The maximum Gasteiger partial charge on any atom is 0.350 e. The van der Waals surface area contributed by atoms with Gasteiger partial charge >= 0.3 is 11.6 Å². The van der Waals surface area contributed by atoms with E-state index in [1.807, 2.05) is 97.3 Å². The van der Waals surface area contributed by atoms with Crippen molar-refractivity contribution in [1.82, 2.24) is 0 Å². The van der Waals surface area contributed by atoms with E-state index in [0.717, 1.165) is 72.0 Å². The summed E-state index contributed by atoms with van der Waals surface area (Å²) in [4.78, 5) is 0. The minimum Gasteiger partial charge on any atom is -0.397 e. The number of hydrogen-bond donors (Lipinski definition) is 4. The first-order valence-electron chi connectivity index (χ1n) is 15.4. The van der Waals surface area contributed by atoms with E-state index in [-0.39, 0.29) is 0 Å². The van der Waals surface area contributed by atoms with Crippen molar-refractivity contribution in [3.63, 3.8) is 0 Å². The van der Waals surface area contributed by atoms with Crippen molar-refractivity contribution in [2.45, 2.75) is 38.8 Å². The third-order valence-electron chi connectivity index (χ3n) is 8.09. The summed E-state index contributed by atoms with van der Waals surface area (Å²) in [5.74, 6) is 1.57. The maximum absolute atomic E-state index is 6.19. The number of nitrogens with zero attached hydrogens (tertiary/aromatic N) is 6. The van der Waals surface area contributed by atoms with E-state index >= 15 is 0 Å². The molecular formula is C36H38N10+2. The summed E-state index contributed by atoms with van der Waals surface area (Å²) in [6, 6.07) is 31.1. The van der Waals surface area contributed by atoms with Gasteiger partial charge in [-0.15, -0.1) is 0 Å². The number of anilines is 4. The molecule has 0 saturated heterocycles. The molecular weight excluding hydrogens is 572 g/mol. The van der Waals surface area contributed by atoms with Crippen LogP contribution in [0.2, 0.25) is 0 Å². The number of benzene rings is 4. The van der Waals surface area contributed by atoms with E-state index in [0.29, 0.717) is 34.1 Å². The molecule has 0 spiro atoms. The second-order valence-corrected chi connectivity index (χ2v) is 11.2. The van der Waals surface area contributed by atoms with Crippen molar-refractivity contribution in [1.29, 1.82) is 0 Å².